The Labute approximate surface area is 115 Å². The zero-order chi connectivity index (χ0) is 13.0. The number of nitrogens with zero attached hydrogens (tertiary/aromatic N) is 1. The van der Waals surface area contributed by atoms with Gasteiger partial charge in [-0.25, -0.2) is 0 Å². The van der Waals surface area contributed by atoms with Crippen LogP contribution in [-0.4, -0.2) is 12.8 Å². The van der Waals surface area contributed by atoms with Crippen molar-refractivity contribution in [1.29, 1.82) is 5.26 Å². The third-order valence-electron chi connectivity index (χ3n) is 2.91. The predicted octanol–water partition coefficient (Wildman–Crippen LogP) is 2.96. The van der Waals surface area contributed by atoms with Gasteiger partial charge in [0.05, 0.1) is 17.0 Å². The lowest BCUT2D eigenvalue weighted by Gasteiger charge is -2.14. The van der Waals surface area contributed by atoms with Gasteiger partial charge in [-0.3, -0.25) is 0 Å². The van der Waals surface area contributed by atoms with E-state index in [-0.39, 0.29) is 12.8 Å². The Morgan fingerprint density at radius 2 is 2.33 bits per heavy atom. The van der Waals surface area contributed by atoms with Gasteiger partial charge in [-0.1, -0.05) is 6.92 Å². The summed E-state index contributed by atoms with van der Waals surface area (Å²) in [5, 5.41) is 12.1. The molecule has 5 heteroatoms. The highest BCUT2D eigenvalue weighted by atomic mass is 79.9. The second-order valence-corrected chi connectivity index (χ2v) is 5.01. The van der Waals surface area contributed by atoms with E-state index < -0.39 is 0 Å². The lowest BCUT2D eigenvalue weighted by Crippen LogP contribution is -2.27. The molecule has 1 unspecified atom stereocenters. The maximum Gasteiger partial charge on any atom is 0.231 e. The van der Waals surface area contributed by atoms with E-state index in [0.717, 1.165) is 34.5 Å². The SMILES string of the molecule is CCC(CC#N)NCc1cc(Br)c2c(c1)OCO2. The Bertz CT molecular complexity index is 471. The first-order valence-electron chi connectivity index (χ1n) is 5.93. The number of nitriles is 1. The third-order valence-corrected chi connectivity index (χ3v) is 3.50. The minimum absolute atomic E-state index is 0.235. The van der Waals surface area contributed by atoms with Gasteiger partial charge in [-0.15, -0.1) is 0 Å². The molecule has 1 heterocycles. The predicted molar refractivity (Wildman–Crippen MR) is 71.4 cm³/mol. The minimum Gasteiger partial charge on any atom is -0.454 e. The summed E-state index contributed by atoms with van der Waals surface area (Å²) < 4.78 is 11.6. The molecular weight excluding hydrogens is 296 g/mol. The molecule has 1 aromatic rings. The number of hydrogen-bond donors (Lipinski definition) is 1. The van der Waals surface area contributed by atoms with E-state index in [2.05, 4.69) is 34.2 Å². The number of nitrogens with one attached hydrogen (secondary N) is 1. The Morgan fingerprint density at radius 3 is 3.06 bits per heavy atom. The summed E-state index contributed by atoms with van der Waals surface area (Å²) in [6.45, 7) is 3.07. The first kappa shape index (κ1) is 13.2. The summed E-state index contributed by atoms with van der Waals surface area (Å²) in [7, 11) is 0. The highest BCUT2D eigenvalue weighted by molar-refractivity contribution is 9.10. The molecule has 0 aliphatic carbocycles. The second kappa shape index (κ2) is 6.07. The van der Waals surface area contributed by atoms with Crippen molar-refractivity contribution in [1.82, 2.24) is 5.32 Å². The topological polar surface area (TPSA) is 54.3 Å². The van der Waals surface area contributed by atoms with Gasteiger partial charge in [0.15, 0.2) is 11.5 Å². The average molecular weight is 311 g/mol. The molecule has 0 aromatic heterocycles. The summed E-state index contributed by atoms with van der Waals surface area (Å²) in [5.41, 5.74) is 1.11. The van der Waals surface area contributed by atoms with Crippen LogP contribution in [0, 0.1) is 11.3 Å². The van der Waals surface area contributed by atoms with Crippen LogP contribution in [0.5, 0.6) is 11.5 Å². The van der Waals surface area contributed by atoms with Crippen molar-refractivity contribution >= 4 is 15.9 Å². The molecule has 0 radical (unpaired) electrons. The van der Waals surface area contributed by atoms with Crippen LogP contribution in [0.3, 0.4) is 0 Å². The summed E-state index contributed by atoms with van der Waals surface area (Å²) in [6, 6.07) is 6.41. The maximum atomic E-state index is 8.70. The molecule has 0 fully saturated rings. The summed E-state index contributed by atoms with van der Waals surface area (Å²) in [5.74, 6) is 1.54. The molecule has 0 saturated heterocycles. The molecule has 18 heavy (non-hydrogen) atoms. The number of rotatable bonds is 5. The number of halogens is 1. The van der Waals surface area contributed by atoms with Crippen molar-refractivity contribution in [3.05, 3.63) is 22.2 Å². The van der Waals surface area contributed by atoms with E-state index in [0.29, 0.717) is 6.42 Å². The second-order valence-electron chi connectivity index (χ2n) is 4.16. The Balaban J connectivity index is 2.02. The molecule has 4 nitrogen and oxygen atoms in total. The van der Waals surface area contributed by atoms with Gasteiger partial charge >= 0.3 is 0 Å². The number of ether oxygens (including phenoxy) is 2. The van der Waals surface area contributed by atoms with Crippen LogP contribution in [0.2, 0.25) is 0 Å². The maximum absolute atomic E-state index is 8.70. The van der Waals surface area contributed by atoms with Crippen LogP contribution in [0.15, 0.2) is 16.6 Å². The largest absolute Gasteiger partial charge is 0.454 e. The minimum atomic E-state index is 0.235. The molecule has 96 valence electrons. The molecule has 1 N–H and O–H groups in total. The van der Waals surface area contributed by atoms with Gasteiger partial charge in [-0.05, 0) is 40.0 Å². The highest BCUT2D eigenvalue weighted by Crippen LogP contribution is 2.39. The van der Waals surface area contributed by atoms with E-state index in [9.17, 15) is 0 Å². The van der Waals surface area contributed by atoms with E-state index >= 15 is 0 Å². The monoisotopic (exact) mass is 310 g/mol. The molecule has 1 aliphatic rings. The van der Waals surface area contributed by atoms with Crippen LogP contribution < -0.4 is 14.8 Å². The van der Waals surface area contributed by atoms with Crippen molar-refractivity contribution in [2.24, 2.45) is 0 Å². The Kier molecular flexibility index (Phi) is 4.45. The number of fused-ring (bicyclic) bond motifs is 1. The zero-order valence-corrected chi connectivity index (χ0v) is 11.8. The van der Waals surface area contributed by atoms with Gasteiger partial charge < -0.3 is 14.8 Å². The van der Waals surface area contributed by atoms with E-state index in [1.54, 1.807) is 0 Å². The standard InChI is InChI=1S/C13H15BrN2O2/c1-2-10(3-4-15)16-7-9-5-11(14)13-12(6-9)17-8-18-13/h5-6,10,16H,2-3,7-8H2,1H3. The van der Waals surface area contributed by atoms with Gasteiger partial charge in [-0.2, -0.15) is 5.26 Å². The molecule has 1 aromatic carbocycles. The van der Waals surface area contributed by atoms with E-state index in [1.807, 2.05) is 12.1 Å². The smallest absolute Gasteiger partial charge is 0.231 e. The molecule has 1 aliphatic heterocycles. The van der Waals surface area contributed by atoms with Gasteiger partial charge in [0.1, 0.15) is 0 Å². The van der Waals surface area contributed by atoms with Crippen LogP contribution in [0.1, 0.15) is 25.3 Å². The normalized spacial score (nSPS) is 14.3. The van der Waals surface area contributed by atoms with Crippen molar-refractivity contribution < 1.29 is 9.47 Å². The molecule has 0 amide bonds. The van der Waals surface area contributed by atoms with Crippen LogP contribution >= 0.6 is 15.9 Å². The lowest BCUT2D eigenvalue weighted by molar-refractivity contribution is 0.173. The number of benzene rings is 1. The van der Waals surface area contributed by atoms with Crippen molar-refractivity contribution in [3.8, 4) is 17.6 Å². The number of hydrogen-bond acceptors (Lipinski definition) is 4. The van der Waals surface area contributed by atoms with Gasteiger partial charge in [0.2, 0.25) is 6.79 Å². The summed E-state index contributed by atoms with van der Waals surface area (Å²) in [4.78, 5) is 0. The first-order valence-corrected chi connectivity index (χ1v) is 6.72. The lowest BCUT2D eigenvalue weighted by atomic mass is 10.1. The van der Waals surface area contributed by atoms with Crippen LogP contribution in [0.25, 0.3) is 0 Å². The van der Waals surface area contributed by atoms with Gasteiger partial charge in [0, 0.05) is 12.6 Å². The Hall–Kier alpha value is -1.25. The summed E-state index contributed by atoms with van der Waals surface area (Å²) in [6.07, 6.45) is 1.47. The fraction of sp³-hybridized carbons (Fsp3) is 0.462. The average Bonchev–Trinajstić information content (AvgIpc) is 2.83. The van der Waals surface area contributed by atoms with Crippen LogP contribution in [-0.2, 0) is 6.54 Å². The molecule has 0 spiro atoms. The highest BCUT2D eigenvalue weighted by Gasteiger charge is 2.18. The molecule has 0 bridgehead atoms. The molecule has 2 rings (SSSR count). The van der Waals surface area contributed by atoms with Crippen molar-refractivity contribution in [2.45, 2.75) is 32.4 Å². The van der Waals surface area contributed by atoms with Crippen molar-refractivity contribution in [3.63, 3.8) is 0 Å². The fourth-order valence-electron chi connectivity index (χ4n) is 1.86. The quantitative estimate of drug-likeness (QED) is 0.908. The van der Waals surface area contributed by atoms with E-state index in [1.165, 1.54) is 0 Å². The molecule has 0 saturated carbocycles. The first-order chi connectivity index (χ1) is 8.74. The fourth-order valence-corrected chi connectivity index (χ4v) is 2.46. The van der Waals surface area contributed by atoms with E-state index in [4.69, 9.17) is 14.7 Å². The molecular formula is C13H15BrN2O2. The third kappa shape index (κ3) is 2.95. The van der Waals surface area contributed by atoms with Crippen LogP contribution in [0.4, 0.5) is 0 Å². The van der Waals surface area contributed by atoms with Crippen molar-refractivity contribution in [2.75, 3.05) is 6.79 Å². The zero-order valence-electron chi connectivity index (χ0n) is 10.2. The summed E-state index contributed by atoms with van der Waals surface area (Å²) >= 11 is 3.47. The molecule has 1 atom stereocenters. The van der Waals surface area contributed by atoms with Gasteiger partial charge in [0.25, 0.3) is 0 Å². The Morgan fingerprint density at radius 1 is 1.50 bits per heavy atom.